The van der Waals surface area contributed by atoms with Crippen molar-refractivity contribution in [3.05, 3.63) is 23.8 Å². The molecular formula is C12H17N3O2. The number of nitrogens with zero attached hydrogens (tertiary/aromatic N) is 2. The van der Waals surface area contributed by atoms with Crippen LogP contribution in [0.1, 0.15) is 47.9 Å². The third-order valence-corrected chi connectivity index (χ3v) is 3.02. The molecule has 1 aliphatic carbocycles. The van der Waals surface area contributed by atoms with E-state index in [1.165, 1.54) is 12.8 Å². The third-order valence-electron chi connectivity index (χ3n) is 3.02. The normalized spacial score (nSPS) is 16.1. The number of aliphatic hydroxyl groups is 1. The predicted octanol–water partition coefficient (Wildman–Crippen LogP) is 0.856. The molecule has 0 radical (unpaired) electrons. The first-order chi connectivity index (χ1) is 8.31. The van der Waals surface area contributed by atoms with Gasteiger partial charge in [-0.1, -0.05) is 12.8 Å². The number of carbonyl (C=O) groups is 1. The predicted molar refractivity (Wildman–Crippen MR) is 62.7 cm³/mol. The fraction of sp³-hybridized carbons (Fsp3) is 0.583. The minimum absolute atomic E-state index is 0.0632. The van der Waals surface area contributed by atoms with Gasteiger partial charge in [-0.15, -0.1) is 0 Å². The molecule has 1 aromatic rings. The molecule has 0 saturated heterocycles. The van der Waals surface area contributed by atoms with Crippen LogP contribution in [-0.2, 0) is 0 Å². The highest BCUT2D eigenvalue weighted by Crippen LogP contribution is 2.31. The molecule has 1 saturated carbocycles. The average molecular weight is 235 g/mol. The molecule has 0 unspecified atom stereocenters. The molecule has 2 N–H and O–H groups in total. The van der Waals surface area contributed by atoms with Gasteiger partial charge in [0, 0.05) is 18.7 Å². The van der Waals surface area contributed by atoms with E-state index in [2.05, 4.69) is 15.3 Å². The zero-order valence-electron chi connectivity index (χ0n) is 9.72. The summed E-state index contributed by atoms with van der Waals surface area (Å²) < 4.78 is 0. The van der Waals surface area contributed by atoms with Crippen molar-refractivity contribution >= 4 is 5.91 Å². The molecule has 0 aromatic carbocycles. The second kappa shape index (κ2) is 5.72. The Morgan fingerprint density at radius 1 is 1.47 bits per heavy atom. The van der Waals surface area contributed by atoms with Crippen molar-refractivity contribution in [3.63, 3.8) is 0 Å². The first kappa shape index (κ1) is 12.0. The van der Waals surface area contributed by atoms with Crippen LogP contribution in [0.25, 0.3) is 0 Å². The summed E-state index contributed by atoms with van der Waals surface area (Å²) in [5, 5.41) is 11.2. The van der Waals surface area contributed by atoms with E-state index in [0.29, 0.717) is 11.6 Å². The number of aromatic nitrogens is 2. The molecule has 2 rings (SSSR count). The molecule has 0 spiro atoms. The Kier molecular flexibility index (Phi) is 4.03. The first-order valence-corrected chi connectivity index (χ1v) is 6.03. The number of amides is 1. The standard InChI is InChI=1S/C12H17N3O2/c16-8-7-14-12(17)10-5-6-13-11(15-10)9-3-1-2-4-9/h5-6,9,16H,1-4,7-8H2,(H,14,17). The van der Waals surface area contributed by atoms with Crippen LogP contribution in [0.3, 0.4) is 0 Å². The Labute approximate surface area is 100 Å². The summed E-state index contributed by atoms with van der Waals surface area (Å²) in [5.41, 5.74) is 0.385. The van der Waals surface area contributed by atoms with Crippen LogP contribution in [0.2, 0.25) is 0 Å². The van der Waals surface area contributed by atoms with Crippen molar-refractivity contribution in [2.24, 2.45) is 0 Å². The molecule has 1 aromatic heterocycles. The van der Waals surface area contributed by atoms with Crippen molar-refractivity contribution in [2.75, 3.05) is 13.2 Å². The molecule has 5 nitrogen and oxygen atoms in total. The highest BCUT2D eigenvalue weighted by atomic mass is 16.3. The van der Waals surface area contributed by atoms with Crippen LogP contribution in [-0.4, -0.2) is 34.1 Å². The summed E-state index contributed by atoms with van der Waals surface area (Å²) in [7, 11) is 0. The fourth-order valence-electron chi connectivity index (χ4n) is 2.14. The van der Waals surface area contributed by atoms with E-state index in [9.17, 15) is 4.79 Å². The van der Waals surface area contributed by atoms with E-state index < -0.39 is 0 Å². The zero-order chi connectivity index (χ0) is 12.1. The molecule has 1 fully saturated rings. The number of nitrogens with one attached hydrogen (secondary N) is 1. The third kappa shape index (κ3) is 3.00. The molecule has 5 heteroatoms. The van der Waals surface area contributed by atoms with Crippen LogP contribution >= 0.6 is 0 Å². The molecule has 92 valence electrons. The van der Waals surface area contributed by atoms with Crippen LogP contribution in [0.5, 0.6) is 0 Å². The number of rotatable bonds is 4. The van der Waals surface area contributed by atoms with Gasteiger partial charge in [0.15, 0.2) is 0 Å². The SMILES string of the molecule is O=C(NCCO)c1ccnc(C2CCCC2)n1. The van der Waals surface area contributed by atoms with Gasteiger partial charge < -0.3 is 10.4 Å². The summed E-state index contributed by atoms with van der Waals surface area (Å²) in [6.07, 6.45) is 6.29. The zero-order valence-corrected chi connectivity index (χ0v) is 9.72. The number of carbonyl (C=O) groups excluding carboxylic acids is 1. The molecule has 0 bridgehead atoms. The minimum atomic E-state index is -0.249. The molecule has 17 heavy (non-hydrogen) atoms. The highest BCUT2D eigenvalue weighted by Gasteiger charge is 2.20. The van der Waals surface area contributed by atoms with E-state index in [4.69, 9.17) is 5.11 Å². The molecule has 0 aliphatic heterocycles. The summed E-state index contributed by atoms with van der Waals surface area (Å²) in [6.45, 7) is 0.188. The minimum Gasteiger partial charge on any atom is -0.395 e. The lowest BCUT2D eigenvalue weighted by molar-refractivity contribution is 0.0939. The van der Waals surface area contributed by atoms with E-state index in [1.54, 1.807) is 12.3 Å². The van der Waals surface area contributed by atoms with Crippen LogP contribution in [0.15, 0.2) is 12.3 Å². The maximum Gasteiger partial charge on any atom is 0.270 e. The Bertz CT molecular complexity index is 389. The lowest BCUT2D eigenvalue weighted by atomic mass is 10.1. The van der Waals surface area contributed by atoms with Crippen molar-refractivity contribution in [1.82, 2.24) is 15.3 Å². The maximum absolute atomic E-state index is 11.7. The quantitative estimate of drug-likeness (QED) is 0.811. The Hall–Kier alpha value is -1.49. The summed E-state index contributed by atoms with van der Waals surface area (Å²) in [4.78, 5) is 20.2. The van der Waals surface area contributed by atoms with Gasteiger partial charge in [0.25, 0.3) is 5.91 Å². The van der Waals surface area contributed by atoms with E-state index in [-0.39, 0.29) is 19.1 Å². The highest BCUT2D eigenvalue weighted by molar-refractivity contribution is 5.92. The van der Waals surface area contributed by atoms with Crippen LogP contribution in [0, 0.1) is 0 Å². The van der Waals surface area contributed by atoms with Gasteiger partial charge >= 0.3 is 0 Å². The largest absolute Gasteiger partial charge is 0.395 e. The van der Waals surface area contributed by atoms with Gasteiger partial charge in [0.05, 0.1) is 6.61 Å². The van der Waals surface area contributed by atoms with Gasteiger partial charge in [-0.25, -0.2) is 9.97 Å². The average Bonchev–Trinajstić information content (AvgIpc) is 2.90. The van der Waals surface area contributed by atoms with Gasteiger partial charge in [-0.3, -0.25) is 4.79 Å². The van der Waals surface area contributed by atoms with Crippen LogP contribution < -0.4 is 5.32 Å². The topological polar surface area (TPSA) is 75.1 Å². The Morgan fingerprint density at radius 3 is 2.94 bits per heavy atom. The molecule has 1 aliphatic rings. The summed E-state index contributed by atoms with van der Waals surface area (Å²) in [6, 6.07) is 1.60. The number of hydrogen-bond acceptors (Lipinski definition) is 4. The van der Waals surface area contributed by atoms with Gasteiger partial charge in [0.1, 0.15) is 11.5 Å². The van der Waals surface area contributed by atoms with Gasteiger partial charge in [0.2, 0.25) is 0 Å². The summed E-state index contributed by atoms with van der Waals surface area (Å²) in [5.74, 6) is 0.931. The maximum atomic E-state index is 11.7. The van der Waals surface area contributed by atoms with Gasteiger partial charge in [-0.05, 0) is 18.9 Å². The first-order valence-electron chi connectivity index (χ1n) is 6.03. The van der Waals surface area contributed by atoms with Crippen molar-refractivity contribution < 1.29 is 9.90 Å². The second-order valence-corrected chi connectivity index (χ2v) is 4.26. The van der Waals surface area contributed by atoms with E-state index >= 15 is 0 Å². The van der Waals surface area contributed by atoms with Crippen molar-refractivity contribution in [3.8, 4) is 0 Å². The molecule has 0 atom stereocenters. The fourth-order valence-corrected chi connectivity index (χ4v) is 2.14. The lowest BCUT2D eigenvalue weighted by Crippen LogP contribution is -2.27. The van der Waals surface area contributed by atoms with Gasteiger partial charge in [-0.2, -0.15) is 0 Å². The molecule has 1 amide bonds. The lowest BCUT2D eigenvalue weighted by Gasteiger charge is -2.08. The smallest absolute Gasteiger partial charge is 0.270 e. The Balaban J connectivity index is 2.07. The number of aliphatic hydroxyl groups excluding tert-OH is 1. The molecule has 1 heterocycles. The van der Waals surface area contributed by atoms with E-state index in [1.807, 2.05) is 0 Å². The Morgan fingerprint density at radius 2 is 2.24 bits per heavy atom. The van der Waals surface area contributed by atoms with Crippen molar-refractivity contribution in [2.45, 2.75) is 31.6 Å². The second-order valence-electron chi connectivity index (χ2n) is 4.26. The summed E-state index contributed by atoms with van der Waals surface area (Å²) >= 11 is 0. The van der Waals surface area contributed by atoms with Crippen LogP contribution in [0.4, 0.5) is 0 Å². The monoisotopic (exact) mass is 235 g/mol. The van der Waals surface area contributed by atoms with Crippen molar-refractivity contribution in [1.29, 1.82) is 0 Å². The molecular weight excluding hydrogens is 218 g/mol. The van der Waals surface area contributed by atoms with E-state index in [0.717, 1.165) is 18.7 Å². The number of hydrogen-bond donors (Lipinski definition) is 2.